The molecule has 1 amide bonds. The number of nitrogens with two attached hydrogens (primary N) is 1. The number of primary amides is 1. The number of hydrogen-bond donors (Lipinski definition) is 4. The molecule has 10 nitrogen and oxygen atoms in total. The zero-order valence-corrected chi connectivity index (χ0v) is 18.0. The van der Waals surface area contributed by atoms with Gasteiger partial charge in [0, 0.05) is 12.3 Å². The Morgan fingerprint density at radius 1 is 1.09 bits per heavy atom. The second-order valence-electron chi connectivity index (χ2n) is 7.15. The van der Waals surface area contributed by atoms with E-state index in [-0.39, 0.29) is 23.7 Å². The van der Waals surface area contributed by atoms with Crippen molar-refractivity contribution in [1.82, 2.24) is 4.98 Å². The number of fused-ring (bicyclic) bond motifs is 1. The maximum absolute atomic E-state index is 15.3. The first-order valence-electron chi connectivity index (χ1n) is 9.45. The number of nitrogens with one attached hydrogen (secondary N) is 2. The van der Waals surface area contributed by atoms with Crippen molar-refractivity contribution >= 4 is 44.8 Å². The van der Waals surface area contributed by atoms with E-state index in [1.165, 1.54) is 0 Å². The van der Waals surface area contributed by atoms with Crippen LogP contribution < -0.4 is 20.7 Å². The van der Waals surface area contributed by atoms with E-state index in [2.05, 4.69) is 10.3 Å². The molecule has 182 valence electrons. The highest BCUT2D eigenvalue weighted by Gasteiger charge is 2.32. The van der Waals surface area contributed by atoms with Gasteiger partial charge in [-0.25, -0.2) is 35.8 Å². The molecule has 5 N–H and O–H groups in total. The van der Waals surface area contributed by atoms with Crippen LogP contribution in [0.1, 0.15) is 20.7 Å². The Morgan fingerprint density at radius 2 is 1.80 bits per heavy atom. The van der Waals surface area contributed by atoms with Gasteiger partial charge in [-0.05, 0) is 24.3 Å². The average Bonchev–Trinajstić information content (AvgIpc) is 3.20. The fourth-order valence-corrected chi connectivity index (χ4v) is 4.55. The number of carbonyl (C=O) groups excluding carboxylic acids is 1. The summed E-state index contributed by atoms with van der Waals surface area (Å²) < 4.78 is 85.1. The first-order chi connectivity index (χ1) is 16.4. The second-order valence-corrected chi connectivity index (χ2v) is 8.80. The smallest absolute Gasteiger partial charge is 0.337 e. The fourth-order valence-electron chi connectivity index (χ4n) is 3.38. The molecule has 0 spiro atoms. The highest BCUT2D eigenvalue weighted by molar-refractivity contribution is 7.92. The normalized spacial score (nSPS) is 12.7. The summed E-state index contributed by atoms with van der Waals surface area (Å²) in [6.45, 7) is -0.261. The highest BCUT2D eigenvalue weighted by atomic mass is 32.2. The fraction of sp³-hybridized carbons (Fsp3) is 0.0500. The molecular formula is C20H13F4N5O5S. The molecule has 4 rings (SSSR count). The minimum atomic E-state index is -5.03. The van der Waals surface area contributed by atoms with Gasteiger partial charge in [-0.3, -0.25) is 9.52 Å². The molecule has 0 unspecified atom stereocenters. The van der Waals surface area contributed by atoms with Crippen LogP contribution in [0.2, 0.25) is 0 Å². The minimum absolute atomic E-state index is 0.00657. The number of benzene rings is 2. The molecule has 0 saturated carbocycles. The van der Waals surface area contributed by atoms with Gasteiger partial charge < -0.3 is 21.1 Å². The second kappa shape index (κ2) is 8.43. The van der Waals surface area contributed by atoms with Gasteiger partial charge in [-0.1, -0.05) is 0 Å². The number of pyridine rings is 1. The standard InChI is InChI=1S/C20H13F4N5O5S/c21-9-1-2-10(22)14(4-9)35(33,34)28-17-12(5-11(23)15(16(17)24)18(25)30)29-7-27-19-13(29)3-8(6-26-19)20(31)32/h1-6,28H,7H2,(H2,25,30)(H,26,27)(H,31,32). The Hall–Kier alpha value is -4.40. The summed E-state index contributed by atoms with van der Waals surface area (Å²) in [6, 6.07) is 3.20. The number of rotatable bonds is 6. The van der Waals surface area contributed by atoms with Crippen LogP contribution >= 0.6 is 0 Å². The summed E-state index contributed by atoms with van der Waals surface area (Å²) in [5, 5.41) is 12.0. The van der Waals surface area contributed by atoms with Gasteiger partial charge in [0.2, 0.25) is 0 Å². The summed E-state index contributed by atoms with van der Waals surface area (Å²) >= 11 is 0. The number of halogens is 4. The first-order valence-corrected chi connectivity index (χ1v) is 10.9. The third-order valence-electron chi connectivity index (χ3n) is 4.96. The van der Waals surface area contributed by atoms with E-state index >= 15 is 4.39 Å². The molecule has 15 heteroatoms. The van der Waals surface area contributed by atoms with Crippen LogP contribution in [-0.4, -0.2) is 37.1 Å². The third kappa shape index (κ3) is 4.16. The number of aromatic carboxylic acids is 1. The lowest BCUT2D eigenvalue weighted by molar-refractivity contribution is 0.0696. The largest absolute Gasteiger partial charge is 0.478 e. The molecule has 35 heavy (non-hydrogen) atoms. The molecule has 2 heterocycles. The number of anilines is 4. The Morgan fingerprint density at radius 3 is 2.46 bits per heavy atom. The van der Waals surface area contributed by atoms with E-state index in [4.69, 9.17) is 5.73 Å². The Balaban J connectivity index is 1.93. The molecule has 2 aromatic carbocycles. The monoisotopic (exact) mass is 511 g/mol. The summed E-state index contributed by atoms with van der Waals surface area (Å²) in [6.07, 6.45) is 1.02. The lowest BCUT2D eigenvalue weighted by Gasteiger charge is -2.23. The molecule has 0 radical (unpaired) electrons. The van der Waals surface area contributed by atoms with Gasteiger partial charge in [0.1, 0.15) is 33.6 Å². The molecule has 0 atom stereocenters. The average molecular weight is 511 g/mol. The molecule has 3 aromatic rings. The summed E-state index contributed by atoms with van der Waals surface area (Å²) in [5.41, 5.74) is 1.86. The highest BCUT2D eigenvalue weighted by Crippen LogP contribution is 2.42. The first kappa shape index (κ1) is 23.7. The van der Waals surface area contributed by atoms with Crippen molar-refractivity contribution in [3.63, 3.8) is 0 Å². The molecule has 0 fully saturated rings. The number of sulfonamides is 1. The Labute approximate surface area is 194 Å². The maximum atomic E-state index is 15.3. The van der Waals surface area contributed by atoms with Crippen molar-refractivity contribution in [3.05, 3.63) is 70.9 Å². The van der Waals surface area contributed by atoms with Crippen LogP contribution in [0.15, 0.2) is 41.4 Å². The lowest BCUT2D eigenvalue weighted by Crippen LogP contribution is -2.25. The van der Waals surface area contributed by atoms with E-state index in [0.717, 1.165) is 17.2 Å². The molecule has 1 aliphatic heterocycles. The van der Waals surface area contributed by atoms with Crippen LogP contribution in [0.3, 0.4) is 0 Å². The predicted octanol–water partition coefficient (Wildman–Crippen LogP) is 2.76. The van der Waals surface area contributed by atoms with Crippen molar-refractivity contribution in [2.45, 2.75) is 4.90 Å². The van der Waals surface area contributed by atoms with E-state index in [1.54, 1.807) is 4.72 Å². The van der Waals surface area contributed by atoms with E-state index in [1.807, 2.05) is 0 Å². The van der Waals surface area contributed by atoms with Crippen molar-refractivity contribution in [1.29, 1.82) is 0 Å². The van der Waals surface area contributed by atoms with Gasteiger partial charge >= 0.3 is 5.97 Å². The Bertz CT molecular complexity index is 1520. The van der Waals surface area contributed by atoms with E-state index < -0.39 is 67.0 Å². The summed E-state index contributed by atoms with van der Waals surface area (Å²) in [4.78, 5) is 26.7. The van der Waals surface area contributed by atoms with E-state index in [0.29, 0.717) is 24.3 Å². The number of carbonyl (C=O) groups is 2. The van der Waals surface area contributed by atoms with Gasteiger partial charge in [0.15, 0.2) is 11.6 Å². The molecule has 0 aliphatic carbocycles. The number of carboxylic acids is 1. The van der Waals surface area contributed by atoms with Gasteiger partial charge in [0.05, 0.1) is 23.6 Å². The molecule has 1 aromatic heterocycles. The van der Waals surface area contributed by atoms with Gasteiger partial charge in [-0.15, -0.1) is 0 Å². The number of aromatic nitrogens is 1. The number of amides is 1. The SMILES string of the molecule is NC(=O)c1c(F)cc(N2CNc3ncc(C(=O)O)cc32)c(NS(=O)(=O)c2cc(F)ccc2F)c1F. The van der Waals surface area contributed by atoms with Crippen LogP contribution in [0.4, 0.5) is 40.4 Å². The van der Waals surface area contributed by atoms with Gasteiger partial charge in [-0.2, -0.15) is 0 Å². The van der Waals surface area contributed by atoms with Crippen LogP contribution in [-0.2, 0) is 10.0 Å². The van der Waals surface area contributed by atoms with Crippen molar-refractivity contribution < 1.29 is 40.7 Å². The summed E-state index contributed by atoms with van der Waals surface area (Å²) in [5.74, 6) is -8.52. The predicted molar refractivity (Wildman–Crippen MR) is 114 cm³/mol. The van der Waals surface area contributed by atoms with Crippen LogP contribution in [0.25, 0.3) is 0 Å². The van der Waals surface area contributed by atoms with Crippen LogP contribution in [0.5, 0.6) is 0 Å². The minimum Gasteiger partial charge on any atom is -0.478 e. The zero-order valence-electron chi connectivity index (χ0n) is 17.1. The zero-order chi connectivity index (χ0) is 25.7. The number of nitrogens with zero attached hydrogens (tertiary/aromatic N) is 2. The third-order valence-corrected chi connectivity index (χ3v) is 6.33. The number of hydrogen-bond acceptors (Lipinski definition) is 7. The van der Waals surface area contributed by atoms with Crippen LogP contribution in [0, 0.1) is 23.3 Å². The van der Waals surface area contributed by atoms with Gasteiger partial charge in [0.25, 0.3) is 15.9 Å². The molecule has 0 saturated heterocycles. The molecular weight excluding hydrogens is 498 g/mol. The molecule has 1 aliphatic rings. The Kier molecular flexibility index (Phi) is 5.72. The number of carboxylic acid groups (broad SMARTS) is 1. The molecule has 0 bridgehead atoms. The quantitative estimate of drug-likeness (QED) is 0.369. The maximum Gasteiger partial charge on any atom is 0.337 e. The van der Waals surface area contributed by atoms with E-state index in [9.17, 15) is 36.3 Å². The summed E-state index contributed by atoms with van der Waals surface area (Å²) in [7, 11) is -5.03. The van der Waals surface area contributed by atoms with Crippen molar-refractivity contribution in [3.8, 4) is 0 Å². The topological polar surface area (TPSA) is 155 Å². The van der Waals surface area contributed by atoms with Crippen molar-refractivity contribution in [2.24, 2.45) is 5.73 Å². The van der Waals surface area contributed by atoms with Crippen molar-refractivity contribution in [2.75, 3.05) is 21.6 Å². The lowest BCUT2D eigenvalue weighted by atomic mass is 10.1.